The van der Waals surface area contributed by atoms with Gasteiger partial charge in [-0.15, -0.1) is 0 Å². The van der Waals surface area contributed by atoms with Gasteiger partial charge in [0.1, 0.15) is 0 Å². The first-order chi connectivity index (χ1) is 8.33. The molecule has 90 valence electrons. The molecule has 0 heterocycles. The van der Waals surface area contributed by atoms with Crippen LogP contribution in [0.5, 0.6) is 0 Å². The van der Waals surface area contributed by atoms with Gasteiger partial charge in [-0.3, -0.25) is 0 Å². The van der Waals surface area contributed by atoms with Gasteiger partial charge < -0.3 is 10.1 Å². The Balaban J connectivity index is 1.88. The molecule has 3 heteroatoms. The van der Waals surface area contributed by atoms with Gasteiger partial charge in [0.05, 0.1) is 17.7 Å². The number of rotatable bonds is 4. The fourth-order valence-corrected chi connectivity index (χ4v) is 2.38. The quantitative estimate of drug-likeness (QED) is 0.862. The second kappa shape index (κ2) is 5.81. The molecule has 0 saturated heterocycles. The highest BCUT2D eigenvalue weighted by molar-refractivity contribution is 5.37. The second-order valence-corrected chi connectivity index (χ2v) is 4.52. The summed E-state index contributed by atoms with van der Waals surface area (Å²) < 4.78 is 5.35. The average molecular weight is 230 g/mol. The molecule has 0 bridgehead atoms. The summed E-state index contributed by atoms with van der Waals surface area (Å²) in [5.74, 6) is 0. The molecule has 1 aromatic carbocycles. The summed E-state index contributed by atoms with van der Waals surface area (Å²) in [6, 6.07) is 10.5. The maximum absolute atomic E-state index is 8.99. The summed E-state index contributed by atoms with van der Waals surface area (Å²) in [6.45, 7) is 0.769. The van der Waals surface area contributed by atoms with E-state index in [1.807, 2.05) is 24.3 Å². The molecule has 0 aromatic heterocycles. The van der Waals surface area contributed by atoms with E-state index in [1.165, 1.54) is 0 Å². The van der Waals surface area contributed by atoms with E-state index in [9.17, 15) is 0 Å². The maximum Gasteiger partial charge on any atom is 0.0995 e. The topological polar surface area (TPSA) is 45.0 Å². The zero-order valence-corrected chi connectivity index (χ0v) is 10.1. The second-order valence-electron chi connectivity index (χ2n) is 4.52. The van der Waals surface area contributed by atoms with Crippen molar-refractivity contribution in [2.24, 2.45) is 0 Å². The molecule has 0 amide bonds. The van der Waals surface area contributed by atoms with Crippen molar-refractivity contribution >= 4 is 0 Å². The van der Waals surface area contributed by atoms with Gasteiger partial charge in [-0.1, -0.05) is 18.2 Å². The van der Waals surface area contributed by atoms with Crippen LogP contribution in [0.25, 0.3) is 0 Å². The third-order valence-electron chi connectivity index (χ3n) is 3.44. The Morgan fingerprint density at radius 1 is 1.41 bits per heavy atom. The van der Waals surface area contributed by atoms with Crippen molar-refractivity contribution < 1.29 is 4.74 Å². The molecule has 2 unspecified atom stereocenters. The van der Waals surface area contributed by atoms with Crippen LogP contribution in [0, 0.1) is 11.3 Å². The smallest absolute Gasteiger partial charge is 0.0995 e. The highest BCUT2D eigenvalue weighted by atomic mass is 16.5. The molecule has 1 aliphatic carbocycles. The van der Waals surface area contributed by atoms with Crippen LogP contribution in [0.1, 0.15) is 30.4 Å². The lowest BCUT2D eigenvalue weighted by Gasteiger charge is -2.13. The normalized spacial score (nSPS) is 23.5. The average Bonchev–Trinajstić information content (AvgIpc) is 2.84. The van der Waals surface area contributed by atoms with Gasteiger partial charge in [-0.2, -0.15) is 5.26 Å². The SMILES string of the molecule is COC1CCC(NCc2ccccc2C#N)C1. The van der Waals surface area contributed by atoms with Crippen LogP contribution in [-0.2, 0) is 11.3 Å². The van der Waals surface area contributed by atoms with Crippen LogP contribution in [0.3, 0.4) is 0 Å². The first kappa shape index (κ1) is 12.1. The molecule has 1 fully saturated rings. The molecule has 2 rings (SSSR count). The van der Waals surface area contributed by atoms with E-state index in [-0.39, 0.29) is 0 Å². The summed E-state index contributed by atoms with van der Waals surface area (Å²) in [4.78, 5) is 0. The van der Waals surface area contributed by atoms with Crippen molar-refractivity contribution in [3.63, 3.8) is 0 Å². The molecule has 1 saturated carbocycles. The summed E-state index contributed by atoms with van der Waals surface area (Å²) in [6.07, 6.45) is 3.77. The third kappa shape index (κ3) is 3.06. The first-order valence-corrected chi connectivity index (χ1v) is 6.07. The van der Waals surface area contributed by atoms with Crippen LogP contribution in [0.15, 0.2) is 24.3 Å². The van der Waals surface area contributed by atoms with Crippen LogP contribution >= 0.6 is 0 Å². The van der Waals surface area contributed by atoms with Gasteiger partial charge in [0.15, 0.2) is 0 Å². The minimum absolute atomic E-state index is 0.402. The van der Waals surface area contributed by atoms with Gasteiger partial charge in [0.25, 0.3) is 0 Å². The number of hydrogen-bond acceptors (Lipinski definition) is 3. The Morgan fingerprint density at radius 3 is 2.94 bits per heavy atom. The van der Waals surface area contributed by atoms with Crippen molar-refractivity contribution in [3.8, 4) is 6.07 Å². The van der Waals surface area contributed by atoms with Crippen molar-refractivity contribution in [2.45, 2.75) is 38.0 Å². The van der Waals surface area contributed by atoms with E-state index in [0.717, 1.165) is 36.9 Å². The predicted molar refractivity (Wildman–Crippen MR) is 66.4 cm³/mol. The number of nitriles is 1. The van der Waals surface area contributed by atoms with Crippen molar-refractivity contribution in [3.05, 3.63) is 35.4 Å². The predicted octanol–water partition coefficient (Wildman–Crippen LogP) is 2.22. The van der Waals surface area contributed by atoms with Crippen molar-refractivity contribution in [1.82, 2.24) is 5.32 Å². The van der Waals surface area contributed by atoms with E-state index in [4.69, 9.17) is 10.00 Å². The maximum atomic E-state index is 8.99. The van der Waals surface area contributed by atoms with Gasteiger partial charge >= 0.3 is 0 Å². The third-order valence-corrected chi connectivity index (χ3v) is 3.44. The molecular weight excluding hydrogens is 212 g/mol. The van der Waals surface area contributed by atoms with Crippen LogP contribution in [-0.4, -0.2) is 19.3 Å². The zero-order valence-electron chi connectivity index (χ0n) is 10.1. The van der Waals surface area contributed by atoms with E-state index in [0.29, 0.717) is 12.1 Å². The monoisotopic (exact) mass is 230 g/mol. The van der Waals surface area contributed by atoms with Crippen LogP contribution in [0.4, 0.5) is 0 Å². The Hall–Kier alpha value is -1.37. The molecule has 1 aromatic rings. The molecule has 2 atom stereocenters. The minimum Gasteiger partial charge on any atom is -0.381 e. The summed E-state index contributed by atoms with van der Waals surface area (Å²) in [5.41, 5.74) is 1.84. The molecule has 17 heavy (non-hydrogen) atoms. The summed E-state index contributed by atoms with van der Waals surface area (Å²) >= 11 is 0. The van der Waals surface area contributed by atoms with Gasteiger partial charge in [0.2, 0.25) is 0 Å². The number of benzene rings is 1. The van der Waals surface area contributed by atoms with E-state index >= 15 is 0 Å². The highest BCUT2D eigenvalue weighted by Gasteiger charge is 2.23. The molecule has 0 aliphatic heterocycles. The number of nitrogens with one attached hydrogen (secondary N) is 1. The number of methoxy groups -OCH3 is 1. The molecule has 0 spiro atoms. The van der Waals surface area contributed by atoms with E-state index < -0.39 is 0 Å². The van der Waals surface area contributed by atoms with Crippen molar-refractivity contribution in [2.75, 3.05) is 7.11 Å². The Bertz CT molecular complexity index is 411. The minimum atomic E-state index is 0.402. The zero-order chi connectivity index (χ0) is 12.1. The van der Waals surface area contributed by atoms with Gasteiger partial charge in [-0.25, -0.2) is 0 Å². The molecule has 1 N–H and O–H groups in total. The Kier molecular flexibility index (Phi) is 4.13. The lowest BCUT2D eigenvalue weighted by Crippen LogP contribution is -2.27. The fourth-order valence-electron chi connectivity index (χ4n) is 2.38. The van der Waals surface area contributed by atoms with Crippen molar-refractivity contribution in [1.29, 1.82) is 5.26 Å². The Labute approximate surface area is 102 Å². The lowest BCUT2D eigenvalue weighted by molar-refractivity contribution is 0.107. The summed E-state index contributed by atoms with van der Waals surface area (Å²) in [5, 5.41) is 12.5. The van der Waals surface area contributed by atoms with Crippen LogP contribution < -0.4 is 5.32 Å². The molecule has 1 aliphatic rings. The molecule has 0 radical (unpaired) electrons. The standard InChI is InChI=1S/C14H18N2O/c1-17-14-7-6-13(8-14)16-10-12-5-3-2-4-11(12)9-15/h2-5,13-14,16H,6-8,10H2,1H3. The van der Waals surface area contributed by atoms with Gasteiger partial charge in [0, 0.05) is 19.7 Å². The number of hydrogen-bond donors (Lipinski definition) is 1. The fraction of sp³-hybridized carbons (Fsp3) is 0.500. The van der Waals surface area contributed by atoms with E-state index in [2.05, 4.69) is 11.4 Å². The molecule has 3 nitrogen and oxygen atoms in total. The first-order valence-electron chi connectivity index (χ1n) is 6.07. The summed E-state index contributed by atoms with van der Waals surface area (Å²) in [7, 11) is 1.78. The van der Waals surface area contributed by atoms with Gasteiger partial charge in [-0.05, 0) is 30.9 Å². The lowest BCUT2D eigenvalue weighted by atomic mass is 10.1. The van der Waals surface area contributed by atoms with E-state index in [1.54, 1.807) is 7.11 Å². The number of nitrogens with zero attached hydrogens (tertiary/aromatic N) is 1. The Morgan fingerprint density at radius 2 is 2.24 bits per heavy atom. The largest absolute Gasteiger partial charge is 0.381 e. The highest BCUT2D eigenvalue weighted by Crippen LogP contribution is 2.21. The molecular formula is C14H18N2O. The van der Waals surface area contributed by atoms with Crippen LogP contribution in [0.2, 0.25) is 0 Å². The number of ether oxygens (including phenoxy) is 1.